The minimum atomic E-state index is 0.557. The van der Waals surface area contributed by atoms with Crippen molar-refractivity contribution in [2.45, 2.75) is 13.8 Å². The fourth-order valence-corrected chi connectivity index (χ4v) is 1.55. The SMILES string of the molecule is Cc1ccc(OCC(C)CN(C)C)cc1. The highest BCUT2D eigenvalue weighted by Crippen LogP contribution is 2.12. The van der Waals surface area contributed by atoms with Crippen molar-refractivity contribution in [2.24, 2.45) is 5.92 Å². The maximum absolute atomic E-state index is 5.70. The number of benzene rings is 1. The monoisotopic (exact) mass is 207 g/mol. The lowest BCUT2D eigenvalue weighted by molar-refractivity contribution is 0.222. The molecule has 0 aliphatic heterocycles. The Balaban J connectivity index is 2.33. The first-order valence-corrected chi connectivity index (χ1v) is 5.42. The standard InChI is InChI=1S/C13H21NO/c1-11-5-7-13(8-6-11)15-10-12(2)9-14(3)4/h5-8,12H,9-10H2,1-4H3. The fraction of sp³-hybridized carbons (Fsp3) is 0.538. The second-order valence-electron chi connectivity index (χ2n) is 4.49. The van der Waals surface area contributed by atoms with Crippen molar-refractivity contribution in [3.63, 3.8) is 0 Å². The molecule has 1 atom stereocenters. The average Bonchev–Trinajstić information content (AvgIpc) is 2.16. The molecule has 1 aromatic rings. The Morgan fingerprint density at radius 1 is 1.20 bits per heavy atom. The van der Waals surface area contributed by atoms with Crippen LogP contribution in [0.4, 0.5) is 0 Å². The van der Waals surface area contributed by atoms with Gasteiger partial charge in [-0.2, -0.15) is 0 Å². The number of nitrogens with zero attached hydrogens (tertiary/aromatic N) is 1. The van der Waals surface area contributed by atoms with Crippen LogP contribution in [0.15, 0.2) is 24.3 Å². The molecular formula is C13H21NO. The van der Waals surface area contributed by atoms with E-state index in [-0.39, 0.29) is 0 Å². The van der Waals surface area contributed by atoms with Gasteiger partial charge in [-0.25, -0.2) is 0 Å². The molecule has 0 saturated carbocycles. The molecule has 84 valence electrons. The Morgan fingerprint density at radius 3 is 2.33 bits per heavy atom. The molecule has 0 saturated heterocycles. The molecule has 0 N–H and O–H groups in total. The van der Waals surface area contributed by atoms with E-state index >= 15 is 0 Å². The van der Waals surface area contributed by atoms with Crippen molar-refractivity contribution < 1.29 is 4.74 Å². The Morgan fingerprint density at radius 2 is 1.80 bits per heavy atom. The number of ether oxygens (including phenoxy) is 1. The van der Waals surface area contributed by atoms with E-state index in [0.29, 0.717) is 5.92 Å². The first-order chi connectivity index (χ1) is 7.08. The van der Waals surface area contributed by atoms with Crippen LogP contribution in [0.2, 0.25) is 0 Å². The summed E-state index contributed by atoms with van der Waals surface area (Å²) in [6.45, 7) is 6.12. The number of rotatable bonds is 5. The molecule has 1 rings (SSSR count). The summed E-state index contributed by atoms with van der Waals surface area (Å²) in [6, 6.07) is 8.20. The van der Waals surface area contributed by atoms with Crippen LogP contribution in [-0.2, 0) is 0 Å². The molecule has 0 aliphatic rings. The van der Waals surface area contributed by atoms with E-state index in [4.69, 9.17) is 4.74 Å². The molecule has 0 aliphatic carbocycles. The van der Waals surface area contributed by atoms with E-state index in [0.717, 1.165) is 18.9 Å². The summed E-state index contributed by atoms with van der Waals surface area (Å²) < 4.78 is 5.70. The second kappa shape index (κ2) is 5.76. The summed E-state index contributed by atoms with van der Waals surface area (Å²) in [4.78, 5) is 2.18. The zero-order valence-corrected chi connectivity index (χ0v) is 10.2. The molecule has 1 aromatic carbocycles. The van der Waals surface area contributed by atoms with Crippen LogP contribution in [0.1, 0.15) is 12.5 Å². The number of aryl methyl sites for hydroxylation is 1. The van der Waals surface area contributed by atoms with Gasteiger partial charge < -0.3 is 9.64 Å². The first-order valence-electron chi connectivity index (χ1n) is 5.42. The van der Waals surface area contributed by atoms with E-state index in [1.165, 1.54) is 5.56 Å². The molecule has 2 heteroatoms. The Hall–Kier alpha value is -1.02. The van der Waals surface area contributed by atoms with Gasteiger partial charge in [0.05, 0.1) is 6.61 Å². The predicted molar refractivity (Wildman–Crippen MR) is 64.4 cm³/mol. The third-order valence-corrected chi connectivity index (χ3v) is 2.23. The molecule has 2 nitrogen and oxygen atoms in total. The van der Waals surface area contributed by atoms with Crippen molar-refractivity contribution in [1.29, 1.82) is 0 Å². The van der Waals surface area contributed by atoms with Crippen LogP contribution in [0.3, 0.4) is 0 Å². The van der Waals surface area contributed by atoms with Crippen molar-refractivity contribution in [3.05, 3.63) is 29.8 Å². The zero-order chi connectivity index (χ0) is 11.3. The smallest absolute Gasteiger partial charge is 0.119 e. The molecular weight excluding hydrogens is 186 g/mol. The summed E-state index contributed by atoms with van der Waals surface area (Å²) in [6.07, 6.45) is 0. The lowest BCUT2D eigenvalue weighted by Crippen LogP contribution is -2.24. The van der Waals surface area contributed by atoms with Crippen molar-refractivity contribution >= 4 is 0 Å². The molecule has 0 bridgehead atoms. The summed E-state index contributed by atoms with van der Waals surface area (Å²) in [5.41, 5.74) is 1.27. The van der Waals surface area contributed by atoms with Gasteiger partial charge in [0.1, 0.15) is 5.75 Å². The van der Waals surface area contributed by atoms with Crippen LogP contribution < -0.4 is 4.74 Å². The predicted octanol–water partition coefficient (Wildman–Crippen LogP) is 2.57. The van der Waals surface area contributed by atoms with Gasteiger partial charge in [0.25, 0.3) is 0 Å². The van der Waals surface area contributed by atoms with Gasteiger partial charge in [0, 0.05) is 12.5 Å². The van der Waals surface area contributed by atoms with Crippen LogP contribution >= 0.6 is 0 Å². The van der Waals surface area contributed by atoms with Gasteiger partial charge in [-0.15, -0.1) is 0 Å². The van der Waals surface area contributed by atoms with Gasteiger partial charge in [0.2, 0.25) is 0 Å². The van der Waals surface area contributed by atoms with Gasteiger partial charge in [-0.1, -0.05) is 24.6 Å². The van der Waals surface area contributed by atoms with Crippen molar-refractivity contribution in [3.8, 4) is 5.75 Å². The molecule has 15 heavy (non-hydrogen) atoms. The van der Waals surface area contributed by atoms with E-state index in [1.54, 1.807) is 0 Å². The maximum Gasteiger partial charge on any atom is 0.119 e. The highest BCUT2D eigenvalue weighted by Gasteiger charge is 2.04. The average molecular weight is 207 g/mol. The van der Waals surface area contributed by atoms with Gasteiger partial charge >= 0.3 is 0 Å². The fourth-order valence-electron chi connectivity index (χ4n) is 1.55. The van der Waals surface area contributed by atoms with Gasteiger partial charge in [-0.05, 0) is 33.2 Å². The van der Waals surface area contributed by atoms with E-state index in [9.17, 15) is 0 Å². The van der Waals surface area contributed by atoms with Crippen molar-refractivity contribution in [1.82, 2.24) is 4.90 Å². The molecule has 0 fully saturated rings. The summed E-state index contributed by atoms with van der Waals surface area (Å²) in [7, 11) is 4.17. The van der Waals surface area contributed by atoms with E-state index < -0.39 is 0 Å². The maximum atomic E-state index is 5.70. The lowest BCUT2D eigenvalue weighted by atomic mass is 10.2. The molecule has 0 aromatic heterocycles. The second-order valence-corrected chi connectivity index (χ2v) is 4.49. The lowest BCUT2D eigenvalue weighted by Gasteiger charge is -2.17. The Kier molecular flexibility index (Phi) is 4.63. The largest absolute Gasteiger partial charge is 0.493 e. The van der Waals surface area contributed by atoms with Crippen LogP contribution in [0.5, 0.6) is 5.75 Å². The van der Waals surface area contributed by atoms with Crippen LogP contribution in [0, 0.1) is 12.8 Å². The van der Waals surface area contributed by atoms with Gasteiger partial charge in [-0.3, -0.25) is 0 Å². The quantitative estimate of drug-likeness (QED) is 0.736. The highest BCUT2D eigenvalue weighted by molar-refractivity contribution is 5.26. The molecule has 0 radical (unpaired) electrons. The van der Waals surface area contributed by atoms with Crippen molar-refractivity contribution in [2.75, 3.05) is 27.2 Å². The number of hydrogen-bond donors (Lipinski definition) is 0. The number of hydrogen-bond acceptors (Lipinski definition) is 2. The minimum absolute atomic E-state index is 0.557. The van der Waals surface area contributed by atoms with Crippen LogP contribution in [0.25, 0.3) is 0 Å². The summed E-state index contributed by atoms with van der Waals surface area (Å²) in [5.74, 6) is 1.52. The third kappa shape index (κ3) is 4.84. The topological polar surface area (TPSA) is 12.5 Å². The van der Waals surface area contributed by atoms with E-state index in [1.807, 2.05) is 12.1 Å². The Labute approximate surface area is 92.9 Å². The third-order valence-electron chi connectivity index (χ3n) is 2.23. The highest BCUT2D eigenvalue weighted by atomic mass is 16.5. The van der Waals surface area contributed by atoms with E-state index in [2.05, 4.69) is 45.0 Å². The first kappa shape index (κ1) is 12.1. The minimum Gasteiger partial charge on any atom is -0.493 e. The molecule has 0 heterocycles. The summed E-state index contributed by atoms with van der Waals surface area (Å²) >= 11 is 0. The summed E-state index contributed by atoms with van der Waals surface area (Å²) in [5, 5.41) is 0. The van der Waals surface area contributed by atoms with Crippen LogP contribution in [-0.4, -0.2) is 32.1 Å². The molecule has 0 spiro atoms. The molecule has 0 amide bonds. The zero-order valence-electron chi connectivity index (χ0n) is 10.2. The normalized spacial score (nSPS) is 12.9. The molecule has 1 unspecified atom stereocenters. The van der Waals surface area contributed by atoms with Gasteiger partial charge in [0.15, 0.2) is 0 Å². The Bertz CT molecular complexity index is 279.